The molecule has 1 nitrogen and oxygen atoms in total. The van der Waals surface area contributed by atoms with Crippen LogP contribution in [0.3, 0.4) is 0 Å². The molecule has 0 aromatic carbocycles. The van der Waals surface area contributed by atoms with E-state index in [1.165, 1.54) is 49.8 Å². The van der Waals surface area contributed by atoms with Crippen molar-refractivity contribution < 1.29 is 0 Å². The molecule has 0 spiro atoms. The zero-order valence-corrected chi connectivity index (χ0v) is 14.3. The van der Waals surface area contributed by atoms with Crippen LogP contribution >= 0.6 is 11.3 Å². The highest BCUT2D eigenvalue weighted by Gasteiger charge is 2.28. The summed E-state index contributed by atoms with van der Waals surface area (Å²) in [4.78, 5) is 1.45. The molecular formula is C18H31NS. The molecule has 0 bridgehead atoms. The SMILES string of the molecule is CCCNC(c1csc(C)c1)C1CCC(CCC)CC1. The summed E-state index contributed by atoms with van der Waals surface area (Å²) in [5.74, 6) is 1.86. The Balaban J connectivity index is 1.97. The second kappa shape index (κ2) is 8.19. The van der Waals surface area contributed by atoms with Gasteiger partial charge >= 0.3 is 0 Å². The summed E-state index contributed by atoms with van der Waals surface area (Å²) in [6.45, 7) is 7.96. The summed E-state index contributed by atoms with van der Waals surface area (Å²) in [6, 6.07) is 3.00. The first kappa shape index (κ1) is 16.0. The zero-order chi connectivity index (χ0) is 14.4. The summed E-state index contributed by atoms with van der Waals surface area (Å²) < 4.78 is 0. The second-order valence-electron chi connectivity index (χ2n) is 6.49. The summed E-state index contributed by atoms with van der Waals surface area (Å²) in [5.41, 5.74) is 1.54. The Kier molecular flexibility index (Phi) is 6.57. The standard InChI is InChI=1S/C18H31NS/c1-4-6-15-7-9-16(10-8-15)18(19-11-5-2)17-12-14(3)20-13-17/h12-13,15-16,18-19H,4-11H2,1-3H3. The molecule has 1 aromatic rings. The van der Waals surface area contributed by atoms with Crippen LogP contribution in [0, 0.1) is 18.8 Å². The van der Waals surface area contributed by atoms with Crippen LogP contribution in [0.25, 0.3) is 0 Å². The third-order valence-electron chi connectivity index (χ3n) is 4.78. The highest BCUT2D eigenvalue weighted by atomic mass is 32.1. The average molecular weight is 294 g/mol. The third-order valence-corrected chi connectivity index (χ3v) is 5.66. The van der Waals surface area contributed by atoms with Crippen molar-refractivity contribution in [1.29, 1.82) is 0 Å². The van der Waals surface area contributed by atoms with Gasteiger partial charge in [0.25, 0.3) is 0 Å². The number of nitrogens with one attached hydrogen (secondary N) is 1. The van der Waals surface area contributed by atoms with Gasteiger partial charge in [0.2, 0.25) is 0 Å². The van der Waals surface area contributed by atoms with E-state index in [0.29, 0.717) is 6.04 Å². The molecule has 1 unspecified atom stereocenters. The molecule has 1 aromatic heterocycles. The lowest BCUT2D eigenvalue weighted by atomic mass is 9.76. The van der Waals surface area contributed by atoms with E-state index in [-0.39, 0.29) is 0 Å². The van der Waals surface area contributed by atoms with Crippen LogP contribution < -0.4 is 5.32 Å². The number of hydrogen-bond donors (Lipinski definition) is 1. The summed E-state index contributed by atoms with van der Waals surface area (Å²) in [7, 11) is 0. The Morgan fingerprint density at radius 2 is 1.95 bits per heavy atom. The maximum absolute atomic E-state index is 3.82. The van der Waals surface area contributed by atoms with Gasteiger partial charge in [0, 0.05) is 10.9 Å². The second-order valence-corrected chi connectivity index (χ2v) is 7.61. The Morgan fingerprint density at radius 3 is 2.50 bits per heavy atom. The molecular weight excluding hydrogens is 262 g/mol. The minimum absolute atomic E-state index is 0.600. The van der Waals surface area contributed by atoms with Crippen molar-refractivity contribution >= 4 is 11.3 Å². The number of aryl methyl sites for hydroxylation is 1. The third kappa shape index (κ3) is 4.33. The lowest BCUT2D eigenvalue weighted by Gasteiger charge is -2.34. The maximum Gasteiger partial charge on any atom is 0.0357 e. The Hall–Kier alpha value is -0.340. The molecule has 2 rings (SSSR count). The zero-order valence-electron chi connectivity index (χ0n) is 13.5. The first-order valence-electron chi connectivity index (χ1n) is 8.53. The van der Waals surface area contributed by atoms with Crippen molar-refractivity contribution in [3.63, 3.8) is 0 Å². The van der Waals surface area contributed by atoms with Crippen molar-refractivity contribution in [1.82, 2.24) is 5.32 Å². The van der Waals surface area contributed by atoms with Crippen LogP contribution in [0.5, 0.6) is 0 Å². The topological polar surface area (TPSA) is 12.0 Å². The van der Waals surface area contributed by atoms with E-state index < -0.39 is 0 Å². The fraction of sp³-hybridized carbons (Fsp3) is 0.778. The Bertz CT molecular complexity index is 377. The highest BCUT2D eigenvalue weighted by molar-refractivity contribution is 7.10. The van der Waals surface area contributed by atoms with Crippen LogP contribution in [-0.4, -0.2) is 6.54 Å². The molecule has 1 aliphatic carbocycles. The molecule has 2 heteroatoms. The summed E-state index contributed by atoms with van der Waals surface area (Å²) in [5, 5.41) is 6.20. The Labute approximate surface area is 129 Å². The van der Waals surface area contributed by atoms with E-state index in [9.17, 15) is 0 Å². The van der Waals surface area contributed by atoms with Gasteiger partial charge < -0.3 is 5.32 Å². The maximum atomic E-state index is 3.82. The van der Waals surface area contributed by atoms with E-state index in [2.05, 4.69) is 37.5 Å². The normalized spacial score (nSPS) is 24.8. The van der Waals surface area contributed by atoms with Gasteiger partial charge in [-0.05, 0) is 61.6 Å². The molecule has 0 aliphatic heterocycles. The van der Waals surface area contributed by atoms with E-state index >= 15 is 0 Å². The largest absolute Gasteiger partial charge is 0.310 e. The van der Waals surface area contributed by atoms with Crippen LogP contribution in [0.2, 0.25) is 0 Å². The van der Waals surface area contributed by atoms with Crippen molar-refractivity contribution in [2.75, 3.05) is 6.54 Å². The monoisotopic (exact) mass is 293 g/mol. The lowest BCUT2D eigenvalue weighted by Crippen LogP contribution is -2.31. The first-order valence-corrected chi connectivity index (χ1v) is 9.41. The van der Waals surface area contributed by atoms with Crippen LogP contribution in [-0.2, 0) is 0 Å². The van der Waals surface area contributed by atoms with Crippen LogP contribution in [0.1, 0.15) is 75.3 Å². The molecule has 1 N–H and O–H groups in total. The summed E-state index contributed by atoms with van der Waals surface area (Å²) in [6.07, 6.45) is 9.76. The van der Waals surface area contributed by atoms with E-state index in [4.69, 9.17) is 0 Å². The smallest absolute Gasteiger partial charge is 0.0357 e. The fourth-order valence-electron chi connectivity index (χ4n) is 3.70. The molecule has 1 aliphatic rings. The molecule has 114 valence electrons. The van der Waals surface area contributed by atoms with Gasteiger partial charge in [-0.25, -0.2) is 0 Å². The average Bonchev–Trinajstić information content (AvgIpc) is 2.88. The first-order chi connectivity index (χ1) is 9.74. The quantitative estimate of drug-likeness (QED) is 0.679. The molecule has 1 saturated carbocycles. The molecule has 0 radical (unpaired) electrons. The molecule has 20 heavy (non-hydrogen) atoms. The van der Waals surface area contributed by atoms with Gasteiger partial charge in [-0.3, -0.25) is 0 Å². The predicted molar refractivity (Wildman–Crippen MR) is 90.4 cm³/mol. The van der Waals surface area contributed by atoms with Crippen molar-refractivity contribution in [3.8, 4) is 0 Å². The van der Waals surface area contributed by atoms with Gasteiger partial charge in [0.1, 0.15) is 0 Å². The minimum atomic E-state index is 0.600. The van der Waals surface area contributed by atoms with Crippen molar-refractivity contribution in [2.45, 2.75) is 71.8 Å². The molecule has 1 fully saturated rings. The molecule has 0 amide bonds. The Morgan fingerprint density at radius 1 is 1.20 bits per heavy atom. The van der Waals surface area contributed by atoms with Gasteiger partial charge in [-0.2, -0.15) is 0 Å². The van der Waals surface area contributed by atoms with Gasteiger partial charge in [-0.15, -0.1) is 11.3 Å². The lowest BCUT2D eigenvalue weighted by molar-refractivity contribution is 0.214. The summed E-state index contributed by atoms with van der Waals surface area (Å²) >= 11 is 1.90. The molecule has 1 atom stereocenters. The highest BCUT2D eigenvalue weighted by Crippen LogP contribution is 2.39. The number of rotatable bonds is 7. The number of hydrogen-bond acceptors (Lipinski definition) is 2. The minimum Gasteiger partial charge on any atom is -0.310 e. The van der Waals surface area contributed by atoms with Crippen molar-refractivity contribution in [3.05, 3.63) is 21.9 Å². The predicted octanol–water partition coefficient (Wildman–Crippen LogP) is 5.70. The number of thiophene rings is 1. The van der Waals surface area contributed by atoms with Crippen molar-refractivity contribution in [2.24, 2.45) is 11.8 Å². The van der Waals surface area contributed by atoms with E-state index in [1.54, 1.807) is 5.56 Å². The van der Waals surface area contributed by atoms with Crippen LogP contribution in [0.4, 0.5) is 0 Å². The molecule has 1 heterocycles. The molecule has 0 saturated heterocycles. The van der Waals surface area contributed by atoms with Gasteiger partial charge in [0.15, 0.2) is 0 Å². The van der Waals surface area contributed by atoms with E-state index in [1.807, 2.05) is 11.3 Å². The fourth-order valence-corrected chi connectivity index (χ4v) is 4.44. The van der Waals surface area contributed by atoms with E-state index in [0.717, 1.165) is 18.4 Å². The van der Waals surface area contributed by atoms with Crippen LogP contribution in [0.15, 0.2) is 11.4 Å². The van der Waals surface area contributed by atoms with Gasteiger partial charge in [0.05, 0.1) is 0 Å². The van der Waals surface area contributed by atoms with Gasteiger partial charge in [-0.1, -0.05) is 39.5 Å².